The number of rotatable bonds is 2. The van der Waals surface area contributed by atoms with Crippen molar-refractivity contribution in [1.29, 1.82) is 0 Å². The number of halogens is 1. The van der Waals surface area contributed by atoms with Gasteiger partial charge in [0.25, 0.3) is 0 Å². The fraction of sp³-hybridized carbons (Fsp3) is 0.357. The second-order valence-corrected chi connectivity index (χ2v) is 5.05. The topological polar surface area (TPSA) is 37.7 Å². The van der Waals surface area contributed by atoms with Crippen molar-refractivity contribution in [2.24, 2.45) is 0 Å². The zero-order valence-corrected chi connectivity index (χ0v) is 10.8. The summed E-state index contributed by atoms with van der Waals surface area (Å²) in [5, 5.41) is 16.4. The molecule has 93 valence electrons. The molecule has 3 rings (SSSR count). The van der Waals surface area contributed by atoms with E-state index in [4.69, 9.17) is 11.6 Å². The molecule has 0 spiro atoms. The van der Waals surface area contributed by atoms with E-state index >= 15 is 0 Å². The molecular formula is C14H14ClN2O. The lowest BCUT2D eigenvalue weighted by Crippen LogP contribution is -2.07. The molecule has 0 saturated carbocycles. The summed E-state index contributed by atoms with van der Waals surface area (Å²) >= 11 is 5.90. The Balaban J connectivity index is 2.11. The average molecular weight is 262 g/mol. The average Bonchev–Trinajstić information content (AvgIpc) is 2.79. The van der Waals surface area contributed by atoms with Crippen molar-refractivity contribution in [3.63, 3.8) is 0 Å². The van der Waals surface area contributed by atoms with Gasteiger partial charge in [0.15, 0.2) is 0 Å². The Bertz CT molecular complexity index is 560. The molecular weight excluding hydrogens is 248 g/mol. The van der Waals surface area contributed by atoms with Crippen LogP contribution in [-0.2, 0) is 24.6 Å². The summed E-state index contributed by atoms with van der Waals surface area (Å²) in [5.74, 6) is 0. The molecule has 1 heterocycles. The van der Waals surface area contributed by atoms with Crippen LogP contribution in [0.2, 0.25) is 5.02 Å². The van der Waals surface area contributed by atoms with Crippen molar-refractivity contribution in [3.05, 3.63) is 46.2 Å². The van der Waals surface area contributed by atoms with E-state index in [9.17, 15) is 5.11 Å². The Hall–Kier alpha value is -1.32. The second kappa shape index (κ2) is 4.75. The summed E-state index contributed by atoms with van der Waals surface area (Å²) in [6.07, 6.45) is 4.32. The molecule has 0 bridgehead atoms. The normalized spacial score (nSPS) is 14.6. The molecule has 0 atom stereocenters. The quantitative estimate of drug-likeness (QED) is 0.817. The van der Waals surface area contributed by atoms with Gasteiger partial charge in [-0.3, -0.25) is 0 Å². The van der Waals surface area contributed by atoms with E-state index < -0.39 is 0 Å². The van der Waals surface area contributed by atoms with Crippen molar-refractivity contribution < 1.29 is 5.11 Å². The van der Waals surface area contributed by atoms with E-state index in [1.165, 1.54) is 17.7 Å². The number of hydrogen-bond donors (Lipinski definition) is 0. The first-order valence-corrected chi connectivity index (χ1v) is 6.61. The molecule has 2 aromatic rings. The van der Waals surface area contributed by atoms with E-state index in [0.29, 0.717) is 10.7 Å². The molecule has 0 fully saturated rings. The van der Waals surface area contributed by atoms with Crippen LogP contribution in [0.25, 0.3) is 5.69 Å². The molecule has 1 aliphatic rings. The van der Waals surface area contributed by atoms with Crippen LogP contribution < -0.4 is 0 Å². The van der Waals surface area contributed by atoms with Gasteiger partial charge in [0.1, 0.15) is 6.61 Å². The highest BCUT2D eigenvalue weighted by molar-refractivity contribution is 6.30. The molecule has 0 unspecified atom stereocenters. The van der Waals surface area contributed by atoms with Crippen molar-refractivity contribution in [3.8, 4) is 5.69 Å². The van der Waals surface area contributed by atoms with Crippen molar-refractivity contribution in [2.75, 3.05) is 0 Å². The number of nitrogens with zero attached hydrogens (tertiary/aromatic N) is 2. The SMILES string of the molecule is [O]Cc1nn(-c2ccc(Cl)cc2)c2c1CCCC2. The Labute approximate surface area is 111 Å². The highest BCUT2D eigenvalue weighted by Gasteiger charge is 2.21. The number of fused-ring (bicyclic) bond motifs is 1. The van der Waals surface area contributed by atoms with Gasteiger partial charge in [-0.1, -0.05) is 11.6 Å². The summed E-state index contributed by atoms with van der Waals surface area (Å²) in [7, 11) is 0. The van der Waals surface area contributed by atoms with Gasteiger partial charge < -0.3 is 0 Å². The van der Waals surface area contributed by atoms with Gasteiger partial charge in [0.2, 0.25) is 0 Å². The van der Waals surface area contributed by atoms with Crippen LogP contribution in [-0.4, -0.2) is 9.78 Å². The lowest BCUT2D eigenvalue weighted by Gasteiger charge is -2.14. The van der Waals surface area contributed by atoms with Gasteiger partial charge in [0.05, 0.1) is 11.4 Å². The molecule has 0 saturated heterocycles. The monoisotopic (exact) mass is 261 g/mol. The number of benzene rings is 1. The Kier molecular flexibility index (Phi) is 3.10. The first kappa shape index (κ1) is 11.8. The van der Waals surface area contributed by atoms with Gasteiger partial charge in [0, 0.05) is 10.7 Å². The summed E-state index contributed by atoms with van der Waals surface area (Å²) in [6.45, 7) is -0.233. The zero-order chi connectivity index (χ0) is 12.5. The maximum atomic E-state index is 11.2. The summed E-state index contributed by atoms with van der Waals surface area (Å²) in [5.41, 5.74) is 4.07. The molecule has 1 aromatic heterocycles. The zero-order valence-electron chi connectivity index (χ0n) is 10.0. The standard InChI is InChI=1S/C14H14ClN2O/c15-10-5-7-11(8-6-10)17-14-4-2-1-3-12(14)13(9-18)16-17/h5-8H,1-4,9H2. The predicted molar refractivity (Wildman–Crippen MR) is 69.6 cm³/mol. The van der Waals surface area contributed by atoms with E-state index in [-0.39, 0.29) is 6.61 Å². The Morgan fingerprint density at radius 3 is 2.61 bits per heavy atom. The number of aromatic nitrogens is 2. The molecule has 18 heavy (non-hydrogen) atoms. The maximum absolute atomic E-state index is 11.2. The van der Waals surface area contributed by atoms with Crippen LogP contribution in [0.15, 0.2) is 24.3 Å². The van der Waals surface area contributed by atoms with Crippen LogP contribution in [0, 0.1) is 0 Å². The smallest absolute Gasteiger partial charge is 0.126 e. The molecule has 0 amide bonds. The lowest BCUT2D eigenvalue weighted by atomic mass is 9.96. The maximum Gasteiger partial charge on any atom is 0.126 e. The third-order valence-corrected chi connectivity index (χ3v) is 3.72. The first-order chi connectivity index (χ1) is 8.79. The fourth-order valence-corrected chi connectivity index (χ4v) is 2.71. The minimum absolute atomic E-state index is 0.233. The van der Waals surface area contributed by atoms with Crippen molar-refractivity contribution in [2.45, 2.75) is 32.3 Å². The molecule has 0 aliphatic heterocycles. The van der Waals surface area contributed by atoms with Gasteiger partial charge in [-0.25, -0.2) is 9.79 Å². The van der Waals surface area contributed by atoms with E-state index in [2.05, 4.69) is 5.10 Å². The van der Waals surface area contributed by atoms with Gasteiger partial charge >= 0.3 is 0 Å². The van der Waals surface area contributed by atoms with Crippen LogP contribution in [0.4, 0.5) is 0 Å². The van der Waals surface area contributed by atoms with Gasteiger partial charge in [-0.05, 0) is 55.5 Å². The highest BCUT2D eigenvalue weighted by Crippen LogP contribution is 2.27. The van der Waals surface area contributed by atoms with E-state index in [1.54, 1.807) is 0 Å². The van der Waals surface area contributed by atoms with Crippen LogP contribution >= 0.6 is 11.6 Å². The van der Waals surface area contributed by atoms with E-state index in [0.717, 1.165) is 24.9 Å². The molecule has 3 nitrogen and oxygen atoms in total. The predicted octanol–water partition coefficient (Wildman–Crippen LogP) is 3.34. The molecule has 1 radical (unpaired) electrons. The van der Waals surface area contributed by atoms with Gasteiger partial charge in [-0.15, -0.1) is 0 Å². The minimum atomic E-state index is -0.233. The van der Waals surface area contributed by atoms with Crippen molar-refractivity contribution in [1.82, 2.24) is 9.78 Å². The minimum Gasteiger partial charge on any atom is -0.237 e. The van der Waals surface area contributed by atoms with Gasteiger partial charge in [-0.2, -0.15) is 5.10 Å². The molecule has 4 heteroatoms. The van der Waals surface area contributed by atoms with Crippen LogP contribution in [0.5, 0.6) is 0 Å². The number of hydrogen-bond acceptors (Lipinski definition) is 1. The third kappa shape index (κ3) is 1.93. The third-order valence-electron chi connectivity index (χ3n) is 3.47. The largest absolute Gasteiger partial charge is 0.237 e. The fourth-order valence-electron chi connectivity index (χ4n) is 2.59. The van der Waals surface area contributed by atoms with Crippen LogP contribution in [0.3, 0.4) is 0 Å². The molecule has 0 N–H and O–H groups in total. The second-order valence-electron chi connectivity index (χ2n) is 4.61. The first-order valence-electron chi connectivity index (χ1n) is 6.23. The van der Waals surface area contributed by atoms with E-state index in [1.807, 2.05) is 28.9 Å². The lowest BCUT2D eigenvalue weighted by molar-refractivity contribution is 0.172. The molecule has 1 aliphatic carbocycles. The highest BCUT2D eigenvalue weighted by atomic mass is 35.5. The molecule has 1 aromatic carbocycles. The summed E-state index contributed by atoms with van der Waals surface area (Å²) in [4.78, 5) is 0. The summed E-state index contributed by atoms with van der Waals surface area (Å²) in [6, 6.07) is 7.59. The van der Waals surface area contributed by atoms with Crippen LogP contribution in [0.1, 0.15) is 29.8 Å². The van der Waals surface area contributed by atoms with Crippen molar-refractivity contribution >= 4 is 11.6 Å². The Morgan fingerprint density at radius 2 is 1.89 bits per heavy atom. The summed E-state index contributed by atoms with van der Waals surface area (Å²) < 4.78 is 1.91. The Morgan fingerprint density at radius 1 is 1.17 bits per heavy atom.